The molecule has 3 atom stereocenters. The highest BCUT2D eigenvalue weighted by Crippen LogP contribution is 2.27. The summed E-state index contributed by atoms with van der Waals surface area (Å²) in [4.78, 5) is 24.6. The van der Waals surface area contributed by atoms with Crippen molar-refractivity contribution in [2.75, 3.05) is 6.61 Å². The smallest absolute Gasteiger partial charge is 0.330 e. The lowest BCUT2D eigenvalue weighted by Crippen LogP contribution is -2.32. The van der Waals surface area contributed by atoms with Gasteiger partial charge in [-0.3, -0.25) is 14.3 Å². The minimum absolute atomic E-state index is 0.143. The van der Waals surface area contributed by atoms with Gasteiger partial charge in [0.1, 0.15) is 17.4 Å². The minimum Gasteiger partial charge on any atom is -0.394 e. The summed E-state index contributed by atoms with van der Waals surface area (Å²) < 4.78 is 6.35. The molecule has 1 aromatic heterocycles. The van der Waals surface area contributed by atoms with Crippen LogP contribution in [-0.4, -0.2) is 38.6 Å². The van der Waals surface area contributed by atoms with Crippen LogP contribution in [0.15, 0.2) is 15.8 Å². The van der Waals surface area contributed by atoms with Crippen molar-refractivity contribution in [3.05, 3.63) is 32.1 Å². The second-order valence-electron chi connectivity index (χ2n) is 3.76. The van der Waals surface area contributed by atoms with Gasteiger partial charge in [0.05, 0.1) is 12.7 Å². The molecule has 0 saturated carbocycles. The molecule has 0 aromatic carbocycles. The maximum atomic E-state index is 11.5. The van der Waals surface area contributed by atoms with Crippen LogP contribution in [-0.2, 0) is 4.74 Å². The molecule has 0 amide bonds. The van der Waals surface area contributed by atoms with E-state index in [2.05, 4.69) is 0 Å². The van der Waals surface area contributed by atoms with Crippen molar-refractivity contribution in [2.24, 2.45) is 0 Å². The van der Waals surface area contributed by atoms with Gasteiger partial charge >= 0.3 is 5.69 Å². The lowest BCUT2D eigenvalue weighted by atomic mass is 10.2. The highest BCUT2D eigenvalue weighted by molar-refractivity contribution is 6.30. The molecule has 0 bridgehead atoms. The highest BCUT2D eigenvalue weighted by atomic mass is 35.5. The number of nitrogens with zero attached hydrogens (tertiary/aromatic N) is 1. The van der Waals surface area contributed by atoms with Gasteiger partial charge in [-0.2, -0.15) is 0 Å². The second kappa shape index (κ2) is 4.61. The van der Waals surface area contributed by atoms with Crippen LogP contribution in [0.3, 0.4) is 0 Å². The Hall–Kier alpha value is -1.15. The van der Waals surface area contributed by atoms with Crippen molar-refractivity contribution < 1.29 is 14.9 Å². The second-order valence-corrected chi connectivity index (χ2v) is 4.17. The number of aliphatic hydroxyl groups excluding tert-OH is 2. The molecule has 0 spiro atoms. The first-order valence-electron chi connectivity index (χ1n) is 4.98. The lowest BCUT2D eigenvalue weighted by Gasteiger charge is -2.14. The van der Waals surface area contributed by atoms with Crippen LogP contribution >= 0.6 is 11.6 Å². The fourth-order valence-electron chi connectivity index (χ4n) is 1.72. The Morgan fingerprint density at radius 3 is 2.88 bits per heavy atom. The molecule has 1 unspecified atom stereocenters. The van der Waals surface area contributed by atoms with E-state index < -0.39 is 29.7 Å². The number of rotatable bonds is 2. The van der Waals surface area contributed by atoms with Gasteiger partial charge < -0.3 is 14.9 Å². The summed E-state index contributed by atoms with van der Waals surface area (Å²) >= 11 is 5.60. The molecule has 1 fully saturated rings. The van der Waals surface area contributed by atoms with Crippen LogP contribution in [0.25, 0.3) is 0 Å². The van der Waals surface area contributed by atoms with Crippen LogP contribution in [0, 0.1) is 0 Å². The van der Waals surface area contributed by atoms with E-state index >= 15 is 0 Å². The van der Waals surface area contributed by atoms with Gasteiger partial charge in [0, 0.05) is 12.6 Å². The Labute approximate surface area is 100 Å². The topological polar surface area (TPSA) is 105 Å². The third-order valence-corrected chi connectivity index (χ3v) is 2.89. The largest absolute Gasteiger partial charge is 0.394 e. The molecule has 1 aliphatic rings. The Morgan fingerprint density at radius 2 is 2.29 bits per heavy atom. The Morgan fingerprint density at radius 1 is 1.59 bits per heavy atom. The first-order valence-corrected chi connectivity index (χ1v) is 5.36. The number of H-pyrrole nitrogens is 1. The first-order chi connectivity index (χ1) is 8.02. The van der Waals surface area contributed by atoms with Gasteiger partial charge in [-0.05, 0) is 0 Å². The zero-order chi connectivity index (χ0) is 12.6. The van der Waals surface area contributed by atoms with Crippen molar-refractivity contribution >= 4 is 11.6 Å². The van der Waals surface area contributed by atoms with Gasteiger partial charge in [-0.25, -0.2) is 4.79 Å². The van der Waals surface area contributed by atoms with E-state index in [0.29, 0.717) is 0 Å². The number of halogens is 1. The molecule has 1 aromatic rings. The molecule has 8 heteroatoms. The third kappa shape index (κ3) is 2.27. The molecule has 1 aliphatic heterocycles. The van der Waals surface area contributed by atoms with Gasteiger partial charge in [0.25, 0.3) is 5.56 Å². The molecule has 2 rings (SSSR count). The summed E-state index contributed by atoms with van der Waals surface area (Å²) in [5.74, 6) is 0. The highest BCUT2D eigenvalue weighted by Gasteiger charge is 2.35. The van der Waals surface area contributed by atoms with Crippen molar-refractivity contribution in [1.29, 1.82) is 0 Å². The van der Waals surface area contributed by atoms with Crippen molar-refractivity contribution in [3.8, 4) is 0 Å². The average Bonchev–Trinajstić information content (AvgIpc) is 2.65. The van der Waals surface area contributed by atoms with Gasteiger partial charge in [-0.1, -0.05) is 11.6 Å². The number of aromatic nitrogens is 2. The summed E-state index contributed by atoms with van der Waals surface area (Å²) in [6, 6.07) is 0. The fourth-order valence-corrected chi connectivity index (χ4v) is 1.88. The van der Waals surface area contributed by atoms with E-state index in [1.807, 2.05) is 4.98 Å². The van der Waals surface area contributed by atoms with Crippen LogP contribution in [0.5, 0.6) is 0 Å². The predicted octanol–water partition coefficient (Wildman–Crippen LogP) is -1.17. The molecular formula is C9H11ClN2O5. The molecule has 2 heterocycles. The maximum absolute atomic E-state index is 11.5. The quantitative estimate of drug-likeness (QED) is 0.623. The predicted molar refractivity (Wildman–Crippen MR) is 58.0 cm³/mol. The molecule has 7 nitrogen and oxygen atoms in total. The number of aromatic amines is 1. The summed E-state index contributed by atoms with van der Waals surface area (Å²) in [5, 5.41) is 18.3. The molecule has 17 heavy (non-hydrogen) atoms. The monoisotopic (exact) mass is 262 g/mol. The van der Waals surface area contributed by atoms with Crippen molar-refractivity contribution in [2.45, 2.75) is 24.9 Å². The van der Waals surface area contributed by atoms with Gasteiger partial charge in [-0.15, -0.1) is 0 Å². The summed E-state index contributed by atoms with van der Waals surface area (Å²) in [6.07, 6.45) is -1.04. The van der Waals surface area contributed by atoms with E-state index in [4.69, 9.17) is 21.4 Å². The van der Waals surface area contributed by atoms with Crippen molar-refractivity contribution in [1.82, 2.24) is 9.55 Å². The van der Waals surface area contributed by atoms with Crippen molar-refractivity contribution in [3.63, 3.8) is 0 Å². The molecule has 0 radical (unpaired) electrons. The minimum atomic E-state index is -0.859. The number of hydrogen-bond donors (Lipinski definition) is 3. The fraction of sp³-hybridized carbons (Fsp3) is 0.556. The Bertz CT molecular complexity index is 525. The number of aliphatic hydroxyl groups is 2. The zero-order valence-electron chi connectivity index (χ0n) is 8.67. The van der Waals surface area contributed by atoms with Gasteiger partial charge in [0.2, 0.25) is 0 Å². The average molecular weight is 263 g/mol. The SMILES string of the molecule is O=c1[nH]c(=O)n([C@@H]2CC(O)[C@H](CO)O2)cc1Cl. The Balaban J connectivity index is 2.34. The third-order valence-electron chi connectivity index (χ3n) is 2.62. The normalized spacial score (nSPS) is 28.5. The van der Waals surface area contributed by atoms with E-state index in [-0.39, 0.29) is 18.1 Å². The van der Waals surface area contributed by atoms with Crippen LogP contribution in [0.4, 0.5) is 0 Å². The molecule has 94 valence electrons. The van der Waals surface area contributed by atoms with Crippen LogP contribution in [0.2, 0.25) is 5.02 Å². The molecule has 1 saturated heterocycles. The zero-order valence-corrected chi connectivity index (χ0v) is 9.42. The maximum Gasteiger partial charge on any atom is 0.330 e. The van der Waals surface area contributed by atoms with E-state index in [1.54, 1.807) is 0 Å². The van der Waals surface area contributed by atoms with Crippen LogP contribution in [0.1, 0.15) is 12.6 Å². The molecule has 0 aliphatic carbocycles. The van der Waals surface area contributed by atoms with E-state index in [9.17, 15) is 14.7 Å². The van der Waals surface area contributed by atoms with E-state index in [1.165, 1.54) is 0 Å². The molecular weight excluding hydrogens is 252 g/mol. The summed E-state index contributed by atoms with van der Waals surface area (Å²) in [5.41, 5.74) is -1.35. The van der Waals surface area contributed by atoms with Gasteiger partial charge in [0.15, 0.2) is 0 Å². The summed E-state index contributed by atoms with van der Waals surface area (Å²) in [7, 11) is 0. The molecule has 3 N–H and O–H groups in total. The number of ether oxygens (including phenoxy) is 1. The standard InChI is InChI=1S/C9H11ClN2O5/c10-4-2-12(9(16)11-8(4)15)7-1-5(14)6(3-13)17-7/h2,5-7,13-14H,1,3H2,(H,11,15,16)/t5?,6-,7-/m0/s1. The summed E-state index contributed by atoms with van der Waals surface area (Å²) in [6.45, 7) is -0.344. The lowest BCUT2D eigenvalue weighted by molar-refractivity contribution is -0.0459. The number of nitrogens with one attached hydrogen (secondary N) is 1. The Kier molecular flexibility index (Phi) is 3.34. The number of hydrogen-bond acceptors (Lipinski definition) is 5. The first kappa shape index (κ1) is 12.3. The van der Waals surface area contributed by atoms with Crippen LogP contribution < -0.4 is 11.2 Å². The van der Waals surface area contributed by atoms with E-state index in [0.717, 1.165) is 10.8 Å².